The number of Topliss-reactive ketones (excluding diaryl/α,β-unsaturated/α-hetero) is 1. The molecule has 274 valence electrons. The van der Waals surface area contributed by atoms with Crippen molar-refractivity contribution < 1.29 is 53.3 Å². The first kappa shape index (κ1) is 40.2. The molecule has 3 heterocycles. The average Bonchev–Trinajstić information content (AvgIpc) is 3.02. The van der Waals surface area contributed by atoms with E-state index in [-0.39, 0.29) is 30.3 Å². The van der Waals surface area contributed by atoms with Gasteiger partial charge in [0.25, 0.3) is 0 Å². The van der Waals surface area contributed by atoms with Crippen LogP contribution in [0, 0.1) is 35.5 Å². The van der Waals surface area contributed by atoms with Gasteiger partial charge in [-0.2, -0.15) is 0 Å². The third kappa shape index (κ3) is 9.52. The fourth-order valence-corrected chi connectivity index (χ4v) is 7.67. The van der Waals surface area contributed by atoms with Crippen LogP contribution in [0.5, 0.6) is 0 Å². The fourth-order valence-electron chi connectivity index (χ4n) is 7.67. The van der Waals surface area contributed by atoms with Gasteiger partial charge in [0, 0.05) is 43.2 Å². The number of ketones is 1. The zero-order valence-corrected chi connectivity index (χ0v) is 30.6. The van der Waals surface area contributed by atoms with Crippen LogP contribution in [0.2, 0.25) is 0 Å². The lowest BCUT2D eigenvalue weighted by atomic mass is 9.77. The second kappa shape index (κ2) is 17.1. The molecule has 3 fully saturated rings. The highest BCUT2D eigenvalue weighted by Gasteiger charge is 2.47. The lowest BCUT2D eigenvalue weighted by Gasteiger charge is -2.46. The van der Waals surface area contributed by atoms with Crippen LogP contribution in [-0.4, -0.2) is 127 Å². The minimum atomic E-state index is -1.01. The van der Waals surface area contributed by atoms with Crippen molar-refractivity contribution in [3.05, 3.63) is 0 Å². The summed E-state index contributed by atoms with van der Waals surface area (Å²) in [6.45, 7) is 16.4. The van der Waals surface area contributed by atoms with E-state index in [4.69, 9.17) is 28.4 Å². The number of methoxy groups -OCH3 is 1. The maximum absolute atomic E-state index is 13.8. The fraction of sp³-hybridized carbons (Fsp3) is 0.943. The number of carbonyl (C=O) groups is 2. The third-order valence-corrected chi connectivity index (χ3v) is 11.0. The van der Waals surface area contributed by atoms with Gasteiger partial charge in [-0.25, -0.2) is 0 Å². The standard InChI is InChI=1S/C35H63NO11/c1-16-13-17(2)32(47-35-31(40)25(36(10)11)14-18(3)43-35)21(6)33(46-27-15-26(42-12)30(39)24(9)44-27)22(7)34(41)45-23(8)19(4)29(38)20(5)28(16)37/h16-27,29-33,35,38-40H,13-15H2,1-12H3/t16-,17-,18+,19-,20-,21+,22+,23+,24-,25-,26-,27-,29-,30-,31+,32-,33-,35-/m0/s1. The van der Waals surface area contributed by atoms with Gasteiger partial charge in [-0.15, -0.1) is 0 Å². The van der Waals surface area contributed by atoms with Gasteiger partial charge in [0.2, 0.25) is 0 Å². The van der Waals surface area contributed by atoms with E-state index in [1.54, 1.807) is 34.6 Å². The highest BCUT2D eigenvalue weighted by Crippen LogP contribution is 2.37. The van der Waals surface area contributed by atoms with Crippen LogP contribution in [0.25, 0.3) is 0 Å². The van der Waals surface area contributed by atoms with Crippen LogP contribution in [0.15, 0.2) is 0 Å². The van der Waals surface area contributed by atoms with E-state index in [9.17, 15) is 24.9 Å². The first-order valence-electron chi connectivity index (χ1n) is 17.5. The molecule has 3 rings (SSSR count). The summed E-state index contributed by atoms with van der Waals surface area (Å²) >= 11 is 0. The molecular weight excluding hydrogens is 610 g/mol. The zero-order chi connectivity index (χ0) is 35.5. The Labute approximate surface area is 281 Å². The van der Waals surface area contributed by atoms with Gasteiger partial charge in [0.05, 0.1) is 42.5 Å². The van der Waals surface area contributed by atoms with Crippen molar-refractivity contribution in [3.63, 3.8) is 0 Å². The van der Waals surface area contributed by atoms with E-state index in [0.717, 1.165) is 0 Å². The molecule has 12 nitrogen and oxygen atoms in total. The molecule has 18 atom stereocenters. The summed E-state index contributed by atoms with van der Waals surface area (Å²) in [4.78, 5) is 29.4. The molecular formula is C35H63NO11. The number of aliphatic hydroxyl groups is 3. The van der Waals surface area contributed by atoms with Gasteiger partial charge >= 0.3 is 5.97 Å². The molecule has 0 bridgehead atoms. The maximum Gasteiger partial charge on any atom is 0.311 e. The molecule has 0 spiro atoms. The molecule has 47 heavy (non-hydrogen) atoms. The molecule has 3 aliphatic rings. The van der Waals surface area contributed by atoms with Crippen molar-refractivity contribution >= 4 is 11.8 Å². The molecule has 0 unspecified atom stereocenters. The van der Waals surface area contributed by atoms with Crippen LogP contribution in [0.4, 0.5) is 0 Å². The Balaban J connectivity index is 2.06. The van der Waals surface area contributed by atoms with E-state index in [1.165, 1.54) is 7.11 Å². The van der Waals surface area contributed by atoms with Gasteiger partial charge in [-0.05, 0) is 60.5 Å². The van der Waals surface area contributed by atoms with E-state index in [1.807, 2.05) is 46.7 Å². The number of rotatable bonds is 6. The molecule has 3 saturated heterocycles. The monoisotopic (exact) mass is 673 g/mol. The third-order valence-electron chi connectivity index (χ3n) is 11.0. The number of ether oxygens (including phenoxy) is 6. The predicted molar refractivity (Wildman–Crippen MR) is 174 cm³/mol. The smallest absolute Gasteiger partial charge is 0.311 e. The highest BCUT2D eigenvalue weighted by atomic mass is 16.7. The maximum atomic E-state index is 13.8. The average molecular weight is 674 g/mol. The summed E-state index contributed by atoms with van der Waals surface area (Å²) in [6, 6.07) is -0.199. The van der Waals surface area contributed by atoms with Crippen molar-refractivity contribution in [2.75, 3.05) is 21.2 Å². The molecule has 0 radical (unpaired) electrons. The Morgan fingerprint density at radius 3 is 1.96 bits per heavy atom. The second-order valence-corrected chi connectivity index (χ2v) is 15.0. The van der Waals surface area contributed by atoms with Gasteiger partial charge in [0.1, 0.15) is 24.1 Å². The molecule has 3 N–H and O–H groups in total. The Morgan fingerprint density at radius 2 is 1.36 bits per heavy atom. The number of hydrogen-bond donors (Lipinski definition) is 3. The number of likely N-dealkylation sites (N-methyl/N-ethyl adjacent to an activating group) is 1. The van der Waals surface area contributed by atoms with E-state index in [2.05, 4.69) is 0 Å². The summed E-state index contributed by atoms with van der Waals surface area (Å²) in [5, 5.41) is 33.2. The number of aliphatic hydroxyl groups excluding tert-OH is 3. The SMILES string of the molecule is CO[C@H]1C[C@H](O[C@H]2[C@H](C)[C@@H](O[C@@H]3O[C@H](C)C[C@H](N(C)C)[C@H]3O)[C@@H](C)C[C@H](C)C(=O)[C@H](C)[C@@H](O)[C@@H](C)[C@@H](C)OC(=O)[C@@H]2C)O[C@@H](C)[C@@H]1O. The summed E-state index contributed by atoms with van der Waals surface area (Å²) in [5.74, 6) is -3.70. The summed E-state index contributed by atoms with van der Waals surface area (Å²) in [5.41, 5.74) is 0. The Bertz CT molecular complexity index is 1010. The van der Waals surface area contributed by atoms with Crippen LogP contribution in [0.3, 0.4) is 0 Å². The minimum Gasteiger partial charge on any atom is -0.462 e. The number of esters is 1. The number of hydrogen-bond acceptors (Lipinski definition) is 12. The number of nitrogens with zero attached hydrogens (tertiary/aromatic N) is 1. The first-order chi connectivity index (χ1) is 21.9. The molecule has 12 heteroatoms. The molecule has 0 aliphatic carbocycles. The van der Waals surface area contributed by atoms with Crippen molar-refractivity contribution in [1.82, 2.24) is 4.90 Å². The highest BCUT2D eigenvalue weighted by molar-refractivity contribution is 5.83. The van der Waals surface area contributed by atoms with Crippen molar-refractivity contribution in [2.45, 2.75) is 155 Å². The molecule has 0 saturated carbocycles. The molecule has 0 aromatic rings. The minimum absolute atomic E-state index is 0.0802. The normalized spacial score (nSPS) is 48.2. The summed E-state index contributed by atoms with van der Waals surface area (Å²) in [6.07, 6.45) is -6.66. The number of cyclic esters (lactones) is 1. The Hall–Kier alpha value is -1.22. The lowest BCUT2D eigenvalue weighted by molar-refractivity contribution is -0.298. The largest absolute Gasteiger partial charge is 0.462 e. The van der Waals surface area contributed by atoms with Crippen LogP contribution in [0.1, 0.15) is 81.6 Å². The predicted octanol–water partition coefficient (Wildman–Crippen LogP) is 2.78. The lowest BCUT2D eigenvalue weighted by Crippen LogP contribution is -2.57. The van der Waals surface area contributed by atoms with E-state index >= 15 is 0 Å². The molecule has 0 aromatic carbocycles. The van der Waals surface area contributed by atoms with Crippen molar-refractivity contribution in [1.29, 1.82) is 0 Å². The van der Waals surface area contributed by atoms with Gasteiger partial charge in [-0.3, -0.25) is 9.59 Å². The quantitative estimate of drug-likeness (QED) is 0.356. The number of carbonyl (C=O) groups excluding carboxylic acids is 2. The molecule has 0 amide bonds. The molecule has 3 aliphatic heterocycles. The van der Waals surface area contributed by atoms with Crippen LogP contribution >= 0.6 is 0 Å². The first-order valence-corrected chi connectivity index (χ1v) is 17.5. The van der Waals surface area contributed by atoms with Gasteiger partial charge < -0.3 is 48.6 Å². The van der Waals surface area contributed by atoms with Crippen molar-refractivity contribution in [3.8, 4) is 0 Å². The van der Waals surface area contributed by atoms with Crippen molar-refractivity contribution in [2.24, 2.45) is 35.5 Å². The van der Waals surface area contributed by atoms with Gasteiger partial charge in [0.15, 0.2) is 12.6 Å². The van der Waals surface area contributed by atoms with Crippen LogP contribution < -0.4 is 0 Å². The van der Waals surface area contributed by atoms with Gasteiger partial charge in [-0.1, -0.05) is 34.6 Å². The van der Waals surface area contributed by atoms with Crippen LogP contribution in [-0.2, 0) is 38.0 Å². The van der Waals surface area contributed by atoms with E-state index < -0.39 is 97.0 Å². The summed E-state index contributed by atoms with van der Waals surface area (Å²) < 4.78 is 37.1. The zero-order valence-electron chi connectivity index (χ0n) is 30.6. The second-order valence-electron chi connectivity index (χ2n) is 15.0. The topological polar surface area (TPSA) is 153 Å². The van der Waals surface area contributed by atoms with E-state index in [0.29, 0.717) is 12.8 Å². The summed E-state index contributed by atoms with van der Waals surface area (Å²) in [7, 11) is 5.34. The Kier molecular flexibility index (Phi) is 14.7. The Morgan fingerprint density at radius 1 is 0.723 bits per heavy atom. The molecule has 0 aromatic heterocycles.